The van der Waals surface area contributed by atoms with Gasteiger partial charge in [-0.25, -0.2) is 0 Å². The molecule has 4 heteroatoms. The summed E-state index contributed by atoms with van der Waals surface area (Å²) in [6, 6.07) is 3.80. The van der Waals surface area contributed by atoms with Crippen molar-refractivity contribution in [2.75, 3.05) is 34.3 Å². The monoisotopic (exact) mass is 209 g/mol. The smallest absolute Gasteiger partial charge is 0.122 e. The zero-order chi connectivity index (χ0) is 11.1. The molecule has 1 N–H and O–H groups in total. The largest absolute Gasteiger partial charge is 0.497 e. The minimum absolute atomic E-state index is 0.783. The molecule has 0 saturated carbocycles. The van der Waals surface area contributed by atoms with Gasteiger partial charge in [-0.05, 0) is 20.2 Å². The second kappa shape index (κ2) is 6.37. The third-order valence-electron chi connectivity index (χ3n) is 2.07. The molecule has 0 radical (unpaired) electrons. The molecule has 0 aromatic carbocycles. The van der Waals surface area contributed by atoms with Gasteiger partial charge in [-0.3, -0.25) is 4.98 Å². The molecule has 0 aliphatic rings. The normalized spacial score (nSPS) is 10.7. The molecule has 15 heavy (non-hydrogen) atoms. The summed E-state index contributed by atoms with van der Waals surface area (Å²) in [7, 11) is 5.79. The highest BCUT2D eigenvalue weighted by Gasteiger charge is 1.97. The Labute approximate surface area is 91.3 Å². The number of ether oxygens (including phenoxy) is 1. The number of likely N-dealkylation sites (N-methyl/N-ethyl adjacent to an activating group) is 1. The number of rotatable bonds is 6. The molecule has 0 atom stereocenters. The Balaban J connectivity index is 2.30. The van der Waals surface area contributed by atoms with Crippen molar-refractivity contribution in [2.24, 2.45) is 0 Å². The number of nitrogens with one attached hydrogen (secondary N) is 1. The second-order valence-electron chi connectivity index (χ2n) is 3.67. The summed E-state index contributed by atoms with van der Waals surface area (Å²) in [6.45, 7) is 2.78. The van der Waals surface area contributed by atoms with Crippen molar-refractivity contribution < 1.29 is 4.74 Å². The van der Waals surface area contributed by atoms with E-state index in [1.54, 1.807) is 13.3 Å². The van der Waals surface area contributed by atoms with Crippen LogP contribution in [0.4, 0.5) is 0 Å². The summed E-state index contributed by atoms with van der Waals surface area (Å²) >= 11 is 0. The third-order valence-corrected chi connectivity index (χ3v) is 2.07. The van der Waals surface area contributed by atoms with Crippen LogP contribution in [-0.4, -0.2) is 44.2 Å². The Hall–Kier alpha value is -1.13. The molecule has 0 saturated heterocycles. The minimum Gasteiger partial charge on any atom is -0.497 e. The van der Waals surface area contributed by atoms with Crippen LogP contribution in [0.1, 0.15) is 5.69 Å². The van der Waals surface area contributed by atoms with Crippen molar-refractivity contribution in [3.05, 3.63) is 24.0 Å². The number of aromatic nitrogens is 1. The fourth-order valence-electron chi connectivity index (χ4n) is 1.20. The predicted molar refractivity (Wildman–Crippen MR) is 61.0 cm³/mol. The maximum absolute atomic E-state index is 5.12. The van der Waals surface area contributed by atoms with Gasteiger partial charge in [0.1, 0.15) is 5.75 Å². The van der Waals surface area contributed by atoms with E-state index in [-0.39, 0.29) is 0 Å². The highest BCUT2D eigenvalue weighted by atomic mass is 16.5. The lowest BCUT2D eigenvalue weighted by atomic mass is 10.3. The zero-order valence-electron chi connectivity index (χ0n) is 9.66. The Kier molecular flexibility index (Phi) is 5.07. The number of methoxy groups -OCH3 is 1. The number of pyridine rings is 1. The molecule has 0 fully saturated rings. The summed E-state index contributed by atoms with van der Waals surface area (Å²) in [5, 5.41) is 3.32. The van der Waals surface area contributed by atoms with Crippen molar-refractivity contribution >= 4 is 0 Å². The van der Waals surface area contributed by atoms with Gasteiger partial charge in [0.25, 0.3) is 0 Å². The van der Waals surface area contributed by atoms with Crippen molar-refractivity contribution in [2.45, 2.75) is 6.54 Å². The molecule has 0 amide bonds. The molecule has 84 valence electrons. The van der Waals surface area contributed by atoms with Gasteiger partial charge in [0.15, 0.2) is 0 Å². The first-order valence-corrected chi connectivity index (χ1v) is 5.06. The highest BCUT2D eigenvalue weighted by Crippen LogP contribution is 2.09. The SMILES string of the molecule is COc1ccnc(CNCCN(C)C)c1. The topological polar surface area (TPSA) is 37.4 Å². The summed E-state index contributed by atoms with van der Waals surface area (Å²) in [5.74, 6) is 0.856. The molecule has 0 aliphatic carbocycles. The van der Waals surface area contributed by atoms with E-state index in [0.29, 0.717) is 0 Å². The molecule has 0 spiro atoms. The first kappa shape index (κ1) is 11.9. The lowest BCUT2D eigenvalue weighted by molar-refractivity contribution is 0.398. The van der Waals surface area contributed by atoms with Crippen molar-refractivity contribution in [3.8, 4) is 5.75 Å². The average Bonchev–Trinajstić information content (AvgIpc) is 2.24. The average molecular weight is 209 g/mol. The van der Waals surface area contributed by atoms with Gasteiger partial charge in [0, 0.05) is 31.9 Å². The van der Waals surface area contributed by atoms with Crippen LogP contribution in [-0.2, 0) is 6.54 Å². The fourth-order valence-corrected chi connectivity index (χ4v) is 1.20. The quantitative estimate of drug-likeness (QED) is 0.701. The van der Waals surface area contributed by atoms with E-state index in [4.69, 9.17) is 4.74 Å². The number of hydrogen-bond acceptors (Lipinski definition) is 4. The van der Waals surface area contributed by atoms with Gasteiger partial charge in [0.2, 0.25) is 0 Å². The van der Waals surface area contributed by atoms with E-state index in [2.05, 4.69) is 29.3 Å². The van der Waals surface area contributed by atoms with Crippen LogP contribution >= 0.6 is 0 Å². The van der Waals surface area contributed by atoms with Gasteiger partial charge in [-0.1, -0.05) is 0 Å². The van der Waals surface area contributed by atoms with Crippen LogP contribution in [0.15, 0.2) is 18.3 Å². The van der Waals surface area contributed by atoms with E-state index in [1.807, 2.05) is 12.1 Å². The standard InChI is InChI=1S/C11H19N3O/c1-14(2)7-6-12-9-10-8-11(15-3)4-5-13-10/h4-5,8,12H,6-7,9H2,1-3H3. The van der Waals surface area contributed by atoms with E-state index in [9.17, 15) is 0 Å². The van der Waals surface area contributed by atoms with Crippen LogP contribution in [0.5, 0.6) is 5.75 Å². The second-order valence-corrected chi connectivity index (χ2v) is 3.67. The van der Waals surface area contributed by atoms with Crippen molar-refractivity contribution in [1.29, 1.82) is 0 Å². The molecular formula is C11H19N3O. The molecule has 0 aliphatic heterocycles. The summed E-state index contributed by atoms with van der Waals surface area (Å²) in [5.41, 5.74) is 1.01. The lowest BCUT2D eigenvalue weighted by Gasteiger charge is -2.10. The van der Waals surface area contributed by atoms with Crippen molar-refractivity contribution in [1.82, 2.24) is 15.2 Å². The molecule has 1 rings (SSSR count). The number of nitrogens with zero attached hydrogens (tertiary/aromatic N) is 2. The predicted octanol–water partition coefficient (Wildman–Crippen LogP) is 0.741. The molecule has 4 nitrogen and oxygen atoms in total. The molecule has 1 aromatic rings. The van der Waals surface area contributed by atoms with E-state index in [0.717, 1.165) is 31.1 Å². The summed E-state index contributed by atoms with van der Waals surface area (Å²) in [4.78, 5) is 6.39. The van der Waals surface area contributed by atoms with E-state index >= 15 is 0 Å². The Morgan fingerprint density at radius 2 is 2.27 bits per heavy atom. The van der Waals surface area contributed by atoms with Gasteiger partial charge in [-0.15, -0.1) is 0 Å². The zero-order valence-corrected chi connectivity index (χ0v) is 9.66. The van der Waals surface area contributed by atoms with Crippen LogP contribution in [0.25, 0.3) is 0 Å². The maximum atomic E-state index is 5.12. The first-order valence-electron chi connectivity index (χ1n) is 5.06. The molecule has 0 unspecified atom stereocenters. The molecular weight excluding hydrogens is 190 g/mol. The van der Waals surface area contributed by atoms with Crippen LogP contribution in [0, 0.1) is 0 Å². The van der Waals surface area contributed by atoms with Gasteiger partial charge in [-0.2, -0.15) is 0 Å². The van der Waals surface area contributed by atoms with Crippen LogP contribution in [0.2, 0.25) is 0 Å². The summed E-state index contributed by atoms with van der Waals surface area (Å²) < 4.78 is 5.12. The Morgan fingerprint density at radius 3 is 2.93 bits per heavy atom. The molecule has 1 heterocycles. The minimum atomic E-state index is 0.783. The fraction of sp³-hybridized carbons (Fsp3) is 0.545. The Morgan fingerprint density at radius 1 is 1.47 bits per heavy atom. The number of hydrogen-bond donors (Lipinski definition) is 1. The van der Waals surface area contributed by atoms with E-state index < -0.39 is 0 Å². The van der Waals surface area contributed by atoms with Crippen LogP contribution in [0.3, 0.4) is 0 Å². The van der Waals surface area contributed by atoms with Crippen LogP contribution < -0.4 is 10.1 Å². The molecule has 1 aromatic heterocycles. The maximum Gasteiger partial charge on any atom is 0.122 e. The summed E-state index contributed by atoms with van der Waals surface area (Å²) in [6.07, 6.45) is 1.77. The van der Waals surface area contributed by atoms with Gasteiger partial charge < -0.3 is 15.0 Å². The van der Waals surface area contributed by atoms with E-state index in [1.165, 1.54) is 0 Å². The third kappa shape index (κ3) is 4.76. The van der Waals surface area contributed by atoms with Gasteiger partial charge >= 0.3 is 0 Å². The Bertz CT molecular complexity index is 289. The first-order chi connectivity index (χ1) is 7.22. The lowest BCUT2D eigenvalue weighted by Crippen LogP contribution is -2.26. The van der Waals surface area contributed by atoms with Gasteiger partial charge in [0.05, 0.1) is 12.8 Å². The highest BCUT2D eigenvalue weighted by molar-refractivity contribution is 5.22. The van der Waals surface area contributed by atoms with Crippen molar-refractivity contribution in [3.63, 3.8) is 0 Å². The molecule has 0 bridgehead atoms.